The summed E-state index contributed by atoms with van der Waals surface area (Å²) in [6, 6.07) is 7.05. The average Bonchev–Trinajstić information content (AvgIpc) is 2.85. The topological polar surface area (TPSA) is 72.7 Å². The molecule has 1 amide bonds. The van der Waals surface area contributed by atoms with Gasteiger partial charge in [0.25, 0.3) is 0 Å². The molecule has 1 N–H and O–H groups in total. The predicted molar refractivity (Wildman–Crippen MR) is 88.1 cm³/mol. The van der Waals surface area contributed by atoms with Gasteiger partial charge in [0, 0.05) is 17.3 Å². The molecule has 1 aromatic heterocycles. The Morgan fingerprint density at radius 3 is 2.86 bits per heavy atom. The monoisotopic (exact) mass is 339 g/mol. The number of nitrogens with zero attached hydrogens (tertiary/aromatic N) is 4. The lowest BCUT2D eigenvalue weighted by molar-refractivity contribution is -0.115. The van der Waals surface area contributed by atoms with Crippen molar-refractivity contribution in [3.05, 3.63) is 29.3 Å². The number of halogens is 1. The van der Waals surface area contributed by atoms with Crippen molar-refractivity contribution in [2.75, 3.05) is 5.32 Å². The Morgan fingerprint density at radius 1 is 1.41 bits per heavy atom. The summed E-state index contributed by atoms with van der Waals surface area (Å²) in [6.07, 6.45) is 0. The quantitative estimate of drug-likeness (QED) is 0.819. The minimum absolute atomic E-state index is 0.119. The molecule has 1 unspecified atom stereocenters. The fourth-order valence-electron chi connectivity index (χ4n) is 1.76. The van der Waals surface area contributed by atoms with Crippen LogP contribution < -0.4 is 5.32 Å². The molecule has 0 saturated heterocycles. The predicted octanol–water partition coefficient (Wildman–Crippen LogP) is 3.10. The summed E-state index contributed by atoms with van der Waals surface area (Å²) in [5, 5.41) is 15.3. The van der Waals surface area contributed by atoms with Crippen molar-refractivity contribution < 1.29 is 4.79 Å². The molecule has 1 atom stereocenters. The molecule has 8 heteroatoms. The van der Waals surface area contributed by atoms with Gasteiger partial charge in [0.1, 0.15) is 0 Å². The van der Waals surface area contributed by atoms with Gasteiger partial charge in [0.15, 0.2) is 0 Å². The number of tetrazole rings is 1. The third-order valence-electron chi connectivity index (χ3n) is 2.78. The summed E-state index contributed by atoms with van der Waals surface area (Å²) in [7, 11) is 0. The second-order valence-electron chi connectivity index (χ2n) is 5.30. The minimum Gasteiger partial charge on any atom is -0.325 e. The van der Waals surface area contributed by atoms with Crippen LogP contribution in [0.1, 0.15) is 20.8 Å². The van der Waals surface area contributed by atoms with E-state index in [4.69, 9.17) is 11.6 Å². The molecular weight excluding hydrogens is 322 g/mol. The van der Waals surface area contributed by atoms with E-state index in [0.29, 0.717) is 21.8 Å². The fourth-order valence-corrected chi connectivity index (χ4v) is 2.75. The van der Waals surface area contributed by atoms with Crippen molar-refractivity contribution in [3.8, 4) is 0 Å². The summed E-state index contributed by atoms with van der Waals surface area (Å²) in [5.41, 5.74) is 0.673. The third-order valence-corrected chi connectivity index (χ3v) is 4.09. The lowest BCUT2D eigenvalue weighted by atomic mass is 10.2. The normalized spacial score (nSPS) is 12.4. The number of benzene rings is 1. The van der Waals surface area contributed by atoms with Crippen molar-refractivity contribution in [3.63, 3.8) is 0 Å². The van der Waals surface area contributed by atoms with Crippen LogP contribution in [0.4, 0.5) is 5.69 Å². The first-order valence-electron chi connectivity index (χ1n) is 6.95. The molecule has 1 aromatic carbocycles. The number of hydrogen-bond donors (Lipinski definition) is 1. The van der Waals surface area contributed by atoms with Crippen LogP contribution in [-0.4, -0.2) is 31.4 Å². The van der Waals surface area contributed by atoms with Gasteiger partial charge in [-0.15, -0.1) is 5.10 Å². The first kappa shape index (κ1) is 16.8. The molecule has 2 aromatic rings. The van der Waals surface area contributed by atoms with Gasteiger partial charge >= 0.3 is 0 Å². The first-order valence-corrected chi connectivity index (χ1v) is 8.20. The number of nitrogens with one attached hydrogen (secondary N) is 1. The molecule has 0 saturated carbocycles. The van der Waals surface area contributed by atoms with E-state index in [1.54, 1.807) is 28.9 Å². The molecule has 22 heavy (non-hydrogen) atoms. The molecule has 0 aliphatic heterocycles. The average molecular weight is 340 g/mol. The second kappa shape index (κ2) is 7.60. The highest BCUT2D eigenvalue weighted by Gasteiger charge is 2.19. The van der Waals surface area contributed by atoms with Gasteiger partial charge < -0.3 is 5.32 Å². The van der Waals surface area contributed by atoms with Crippen LogP contribution in [0.5, 0.6) is 0 Å². The van der Waals surface area contributed by atoms with Crippen LogP contribution >= 0.6 is 23.4 Å². The standard InChI is InChI=1S/C14H18ClN5OS/c1-9(2)8-20-14(17-18-19-20)22-10(3)13(21)16-12-6-4-5-11(15)7-12/h4-7,9-10H,8H2,1-3H3,(H,16,21). The first-order chi connectivity index (χ1) is 10.5. The molecule has 2 rings (SSSR count). The zero-order chi connectivity index (χ0) is 16.1. The van der Waals surface area contributed by atoms with Crippen molar-refractivity contribution in [1.82, 2.24) is 20.2 Å². The molecule has 0 spiro atoms. The number of carbonyl (C=O) groups is 1. The zero-order valence-electron chi connectivity index (χ0n) is 12.7. The molecule has 0 radical (unpaired) electrons. The lowest BCUT2D eigenvalue weighted by Gasteiger charge is -2.12. The number of carbonyl (C=O) groups excluding carboxylic acids is 1. The van der Waals surface area contributed by atoms with Crippen molar-refractivity contribution in [2.45, 2.75) is 37.7 Å². The molecule has 118 valence electrons. The van der Waals surface area contributed by atoms with Gasteiger partial charge in [0.2, 0.25) is 11.1 Å². The van der Waals surface area contributed by atoms with E-state index in [1.807, 2.05) is 6.92 Å². The lowest BCUT2D eigenvalue weighted by Crippen LogP contribution is -2.23. The Morgan fingerprint density at radius 2 is 2.18 bits per heavy atom. The van der Waals surface area contributed by atoms with E-state index < -0.39 is 0 Å². The van der Waals surface area contributed by atoms with Gasteiger partial charge in [-0.1, -0.05) is 43.3 Å². The Labute approximate surface area is 138 Å². The smallest absolute Gasteiger partial charge is 0.237 e. The number of anilines is 1. The van der Waals surface area contributed by atoms with Gasteiger partial charge in [-0.05, 0) is 41.5 Å². The highest BCUT2D eigenvalue weighted by atomic mass is 35.5. The molecule has 6 nitrogen and oxygen atoms in total. The Balaban J connectivity index is 1.98. The van der Waals surface area contributed by atoms with Crippen molar-refractivity contribution in [2.24, 2.45) is 5.92 Å². The van der Waals surface area contributed by atoms with E-state index in [9.17, 15) is 4.79 Å². The maximum Gasteiger partial charge on any atom is 0.237 e. The SMILES string of the molecule is CC(C)Cn1nnnc1SC(C)C(=O)Nc1cccc(Cl)c1. The van der Waals surface area contributed by atoms with Crippen LogP contribution in [-0.2, 0) is 11.3 Å². The Bertz CT molecular complexity index is 646. The highest BCUT2D eigenvalue weighted by molar-refractivity contribution is 8.00. The maximum atomic E-state index is 12.2. The van der Waals surface area contributed by atoms with Gasteiger partial charge in [0.05, 0.1) is 5.25 Å². The highest BCUT2D eigenvalue weighted by Crippen LogP contribution is 2.23. The molecule has 0 bridgehead atoms. The molecule has 0 aliphatic carbocycles. The fraction of sp³-hybridized carbons (Fsp3) is 0.429. The number of hydrogen-bond acceptors (Lipinski definition) is 5. The van der Waals surface area contributed by atoms with E-state index >= 15 is 0 Å². The summed E-state index contributed by atoms with van der Waals surface area (Å²) >= 11 is 7.24. The summed E-state index contributed by atoms with van der Waals surface area (Å²) in [4.78, 5) is 12.2. The van der Waals surface area contributed by atoms with E-state index in [1.165, 1.54) is 11.8 Å². The third kappa shape index (κ3) is 4.71. The van der Waals surface area contributed by atoms with E-state index in [-0.39, 0.29) is 11.2 Å². The number of thioether (sulfide) groups is 1. The van der Waals surface area contributed by atoms with Gasteiger partial charge in [-0.3, -0.25) is 4.79 Å². The molecule has 1 heterocycles. The van der Waals surface area contributed by atoms with Gasteiger partial charge in [-0.25, -0.2) is 4.68 Å². The van der Waals surface area contributed by atoms with Crippen LogP contribution in [0.2, 0.25) is 5.02 Å². The van der Waals surface area contributed by atoms with Crippen LogP contribution in [0.15, 0.2) is 29.4 Å². The second-order valence-corrected chi connectivity index (χ2v) is 7.04. The Kier molecular flexibility index (Phi) is 5.79. The zero-order valence-corrected chi connectivity index (χ0v) is 14.2. The minimum atomic E-state index is -0.323. The molecule has 0 fully saturated rings. The summed E-state index contributed by atoms with van der Waals surface area (Å²) < 4.78 is 1.72. The van der Waals surface area contributed by atoms with Crippen molar-refractivity contribution >= 4 is 35.0 Å². The number of aromatic nitrogens is 4. The van der Waals surface area contributed by atoms with Crippen LogP contribution in [0, 0.1) is 5.92 Å². The summed E-state index contributed by atoms with van der Waals surface area (Å²) in [6.45, 7) is 6.72. The molecule has 0 aliphatic rings. The largest absolute Gasteiger partial charge is 0.325 e. The van der Waals surface area contributed by atoms with Crippen LogP contribution in [0.25, 0.3) is 0 Å². The molecular formula is C14H18ClN5OS. The Hall–Kier alpha value is -1.60. The van der Waals surface area contributed by atoms with Crippen LogP contribution in [0.3, 0.4) is 0 Å². The van der Waals surface area contributed by atoms with E-state index in [0.717, 1.165) is 6.54 Å². The number of rotatable bonds is 6. The van der Waals surface area contributed by atoms with E-state index in [2.05, 4.69) is 34.7 Å². The summed E-state index contributed by atoms with van der Waals surface area (Å²) in [5.74, 6) is 0.310. The maximum absolute atomic E-state index is 12.2. The number of amides is 1. The van der Waals surface area contributed by atoms with Gasteiger partial charge in [-0.2, -0.15) is 0 Å². The van der Waals surface area contributed by atoms with Crippen molar-refractivity contribution in [1.29, 1.82) is 0 Å².